The van der Waals surface area contributed by atoms with Crippen LogP contribution in [0.2, 0.25) is 0 Å². The number of carboxylic acids is 1. The molecule has 2 unspecified atom stereocenters. The van der Waals surface area contributed by atoms with Crippen molar-refractivity contribution in [3.8, 4) is 0 Å². The molecule has 3 nitrogen and oxygen atoms in total. The number of nitrogens with zero attached hydrogens (tertiary/aromatic N) is 1. The third-order valence-corrected chi connectivity index (χ3v) is 3.28. The third kappa shape index (κ3) is 3.29. The molecule has 0 aromatic rings. The highest BCUT2D eigenvalue weighted by atomic mass is 16.4. The Hall–Kier alpha value is -0.570. The zero-order valence-electron chi connectivity index (χ0n) is 9.20. The SMILES string of the molecule is CC(CCC1CCCCN1C)C(=O)O. The average molecular weight is 199 g/mol. The van der Waals surface area contributed by atoms with Crippen molar-refractivity contribution in [1.82, 2.24) is 4.90 Å². The van der Waals surface area contributed by atoms with Crippen molar-refractivity contribution in [3.05, 3.63) is 0 Å². The molecule has 1 rings (SSSR count). The van der Waals surface area contributed by atoms with E-state index >= 15 is 0 Å². The largest absolute Gasteiger partial charge is 0.481 e. The van der Waals surface area contributed by atoms with E-state index in [1.807, 2.05) is 0 Å². The van der Waals surface area contributed by atoms with Crippen LogP contribution in [0.3, 0.4) is 0 Å². The Labute approximate surface area is 86.1 Å². The topological polar surface area (TPSA) is 40.5 Å². The first kappa shape index (κ1) is 11.5. The maximum atomic E-state index is 10.6. The van der Waals surface area contributed by atoms with Crippen LogP contribution in [0.25, 0.3) is 0 Å². The fourth-order valence-electron chi connectivity index (χ4n) is 2.07. The minimum atomic E-state index is -0.663. The average Bonchev–Trinajstić information content (AvgIpc) is 2.16. The lowest BCUT2D eigenvalue weighted by molar-refractivity contribution is -0.141. The number of carbonyl (C=O) groups is 1. The van der Waals surface area contributed by atoms with Gasteiger partial charge in [-0.25, -0.2) is 0 Å². The summed E-state index contributed by atoms with van der Waals surface area (Å²) in [6, 6.07) is 0.616. The van der Waals surface area contributed by atoms with Crippen LogP contribution in [0.4, 0.5) is 0 Å². The lowest BCUT2D eigenvalue weighted by atomic mass is 9.95. The van der Waals surface area contributed by atoms with Gasteiger partial charge in [-0.2, -0.15) is 0 Å². The molecule has 0 aromatic carbocycles. The maximum Gasteiger partial charge on any atom is 0.306 e. The highest BCUT2D eigenvalue weighted by Gasteiger charge is 2.20. The molecule has 0 amide bonds. The molecule has 1 aliphatic rings. The van der Waals surface area contributed by atoms with Crippen LogP contribution < -0.4 is 0 Å². The zero-order chi connectivity index (χ0) is 10.6. The standard InChI is InChI=1S/C11H21NO2/c1-9(11(13)14)6-7-10-5-3-4-8-12(10)2/h9-10H,3-8H2,1-2H3,(H,13,14). The van der Waals surface area contributed by atoms with E-state index in [9.17, 15) is 4.79 Å². The van der Waals surface area contributed by atoms with Gasteiger partial charge in [-0.3, -0.25) is 4.79 Å². The monoisotopic (exact) mass is 199 g/mol. The van der Waals surface area contributed by atoms with E-state index in [4.69, 9.17) is 5.11 Å². The smallest absolute Gasteiger partial charge is 0.306 e. The predicted octanol–water partition coefficient (Wildman–Crippen LogP) is 1.97. The molecule has 14 heavy (non-hydrogen) atoms. The van der Waals surface area contributed by atoms with Gasteiger partial charge < -0.3 is 10.0 Å². The molecule has 1 fully saturated rings. The van der Waals surface area contributed by atoms with E-state index in [2.05, 4.69) is 11.9 Å². The van der Waals surface area contributed by atoms with Crippen LogP contribution in [0, 0.1) is 5.92 Å². The van der Waals surface area contributed by atoms with Crippen LogP contribution in [0.1, 0.15) is 39.0 Å². The van der Waals surface area contributed by atoms with Crippen molar-refractivity contribution < 1.29 is 9.90 Å². The highest BCUT2D eigenvalue weighted by Crippen LogP contribution is 2.21. The predicted molar refractivity (Wildman–Crippen MR) is 56.3 cm³/mol. The highest BCUT2D eigenvalue weighted by molar-refractivity contribution is 5.69. The lowest BCUT2D eigenvalue weighted by Gasteiger charge is -2.32. The molecule has 82 valence electrons. The molecule has 0 spiro atoms. The van der Waals surface area contributed by atoms with E-state index in [-0.39, 0.29) is 5.92 Å². The van der Waals surface area contributed by atoms with E-state index in [0.717, 1.165) is 12.8 Å². The summed E-state index contributed by atoms with van der Waals surface area (Å²) in [6.45, 7) is 2.97. The lowest BCUT2D eigenvalue weighted by Crippen LogP contribution is -2.36. The fraction of sp³-hybridized carbons (Fsp3) is 0.909. The Bertz CT molecular complexity index is 194. The summed E-state index contributed by atoms with van der Waals surface area (Å²) < 4.78 is 0. The Kier molecular flexibility index (Phi) is 4.39. The number of aliphatic carboxylic acids is 1. The van der Waals surface area contributed by atoms with Crippen LogP contribution in [0.15, 0.2) is 0 Å². The second-order valence-corrected chi connectivity index (χ2v) is 4.45. The van der Waals surface area contributed by atoms with E-state index in [1.54, 1.807) is 6.92 Å². The zero-order valence-corrected chi connectivity index (χ0v) is 9.20. The Balaban J connectivity index is 2.25. The quantitative estimate of drug-likeness (QED) is 0.752. The van der Waals surface area contributed by atoms with Gasteiger partial charge in [0.25, 0.3) is 0 Å². The molecule has 1 saturated heterocycles. The third-order valence-electron chi connectivity index (χ3n) is 3.28. The number of likely N-dealkylation sites (tertiary alicyclic amines) is 1. The molecule has 1 aliphatic heterocycles. The van der Waals surface area contributed by atoms with Gasteiger partial charge in [-0.15, -0.1) is 0 Å². The molecule has 0 radical (unpaired) electrons. The van der Waals surface area contributed by atoms with Crippen molar-refractivity contribution in [2.24, 2.45) is 5.92 Å². The summed E-state index contributed by atoms with van der Waals surface area (Å²) in [4.78, 5) is 13.0. The minimum absolute atomic E-state index is 0.190. The van der Waals surface area contributed by atoms with Gasteiger partial charge in [0.05, 0.1) is 5.92 Å². The fourth-order valence-corrected chi connectivity index (χ4v) is 2.07. The summed E-state index contributed by atoms with van der Waals surface area (Å²) >= 11 is 0. The number of hydrogen-bond acceptors (Lipinski definition) is 2. The van der Waals surface area contributed by atoms with Gasteiger partial charge in [0.1, 0.15) is 0 Å². The summed E-state index contributed by atoms with van der Waals surface area (Å²) in [6.07, 6.45) is 5.68. The van der Waals surface area contributed by atoms with Crippen LogP contribution in [-0.2, 0) is 4.79 Å². The Morgan fingerprint density at radius 3 is 2.86 bits per heavy atom. The van der Waals surface area contributed by atoms with Crippen molar-refractivity contribution in [2.75, 3.05) is 13.6 Å². The van der Waals surface area contributed by atoms with Gasteiger partial charge in [0.2, 0.25) is 0 Å². The summed E-state index contributed by atoms with van der Waals surface area (Å²) in [7, 11) is 2.15. The molecular weight excluding hydrogens is 178 g/mol. The maximum absolute atomic E-state index is 10.6. The number of piperidine rings is 1. The molecule has 2 atom stereocenters. The first-order valence-electron chi connectivity index (χ1n) is 5.54. The molecule has 0 saturated carbocycles. The number of hydrogen-bond donors (Lipinski definition) is 1. The normalized spacial score (nSPS) is 26.0. The van der Waals surface area contributed by atoms with Crippen LogP contribution in [-0.4, -0.2) is 35.6 Å². The van der Waals surface area contributed by atoms with Crippen molar-refractivity contribution in [2.45, 2.75) is 45.1 Å². The van der Waals surface area contributed by atoms with Crippen LogP contribution >= 0.6 is 0 Å². The van der Waals surface area contributed by atoms with Crippen molar-refractivity contribution >= 4 is 5.97 Å². The minimum Gasteiger partial charge on any atom is -0.481 e. The Morgan fingerprint density at radius 2 is 2.29 bits per heavy atom. The summed E-state index contributed by atoms with van der Waals surface area (Å²) in [5.41, 5.74) is 0. The summed E-state index contributed by atoms with van der Waals surface area (Å²) in [5, 5.41) is 8.76. The van der Waals surface area contributed by atoms with E-state index in [0.29, 0.717) is 6.04 Å². The van der Waals surface area contributed by atoms with Gasteiger partial charge in [0, 0.05) is 6.04 Å². The second-order valence-electron chi connectivity index (χ2n) is 4.45. The molecular formula is C11H21NO2. The van der Waals surface area contributed by atoms with Crippen molar-refractivity contribution in [1.29, 1.82) is 0 Å². The number of carboxylic acid groups (broad SMARTS) is 1. The van der Waals surface area contributed by atoms with Gasteiger partial charge >= 0.3 is 5.97 Å². The first-order valence-corrected chi connectivity index (χ1v) is 5.54. The van der Waals surface area contributed by atoms with E-state index in [1.165, 1.54) is 25.8 Å². The van der Waals surface area contributed by atoms with Gasteiger partial charge in [-0.1, -0.05) is 13.3 Å². The second kappa shape index (κ2) is 5.35. The molecule has 1 heterocycles. The van der Waals surface area contributed by atoms with E-state index < -0.39 is 5.97 Å². The molecule has 0 bridgehead atoms. The van der Waals surface area contributed by atoms with Crippen LogP contribution in [0.5, 0.6) is 0 Å². The molecule has 1 N–H and O–H groups in total. The van der Waals surface area contributed by atoms with Crippen molar-refractivity contribution in [3.63, 3.8) is 0 Å². The van der Waals surface area contributed by atoms with Gasteiger partial charge in [-0.05, 0) is 39.3 Å². The molecule has 3 heteroatoms. The Morgan fingerprint density at radius 1 is 1.57 bits per heavy atom. The molecule has 0 aliphatic carbocycles. The summed E-state index contributed by atoms with van der Waals surface area (Å²) in [5.74, 6) is -0.853. The number of rotatable bonds is 4. The van der Waals surface area contributed by atoms with Gasteiger partial charge in [0.15, 0.2) is 0 Å². The first-order chi connectivity index (χ1) is 6.61. The molecule has 0 aromatic heterocycles.